The van der Waals surface area contributed by atoms with E-state index >= 15 is 0 Å². The van der Waals surface area contributed by atoms with E-state index in [1.165, 1.54) is 0 Å². The molecule has 0 aliphatic carbocycles. The van der Waals surface area contributed by atoms with Gasteiger partial charge in [-0.1, -0.05) is 0 Å². The number of nitrogens with zero attached hydrogens (tertiary/aromatic N) is 2. The van der Waals surface area contributed by atoms with Crippen molar-refractivity contribution in [2.24, 2.45) is 5.73 Å². The first-order valence-corrected chi connectivity index (χ1v) is 4.10. The first-order chi connectivity index (χ1) is 6.59. The van der Waals surface area contributed by atoms with Gasteiger partial charge in [0.05, 0.1) is 6.54 Å². The van der Waals surface area contributed by atoms with Crippen molar-refractivity contribution in [1.29, 1.82) is 0 Å². The topological polar surface area (TPSA) is 101 Å². The lowest BCUT2D eigenvalue weighted by Gasteiger charge is -2.08. The average Bonchev–Trinajstić information content (AvgIpc) is 2.14. The molecule has 1 unspecified atom stereocenters. The highest BCUT2D eigenvalue weighted by molar-refractivity contribution is 5.79. The van der Waals surface area contributed by atoms with Gasteiger partial charge in [-0.25, -0.2) is 9.97 Å². The maximum Gasteiger partial charge on any atom is 0.248 e. The minimum atomic E-state index is -1.20. The molecule has 14 heavy (non-hydrogen) atoms. The lowest BCUT2D eigenvalue weighted by Crippen LogP contribution is -2.34. The van der Waals surface area contributed by atoms with Crippen LogP contribution < -0.4 is 11.1 Å². The summed E-state index contributed by atoms with van der Waals surface area (Å²) in [7, 11) is 0. The Balaban J connectivity index is 2.49. The van der Waals surface area contributed by atoms with Crippen LogP contribution in [0.1, 0.15) is 5.82 Å². The van der Waals surface area contributed by atoms with Crippen molar-refractivity contribution in [3.8, 4) is 0 Å². The zero-order valence-electron chi connectivity index (χ0n) is 7.77. The Morgan fingerprint density at radius 1 is 1.79 bits per heavy atom. The van der Waals surface area contributed by atoms with Crippen molar-refractivity contribution < 1.29 is 9.90 Å². The van der Waals surface area contributed by atoms with E-state index in [2.05, 4.69) is 15.3 Å². The second-order valence-corrected chi connectivity index (χ2v) is 2.79. The Morgan fingerprint density at radius 2 is 2.50 bits per heavy atom. The second-order valence-electron chi connectivity index (χ2n) is 2.79. The number of aryl methyl sites for hydroxylation is 1. The van der Waals surface area contributed by atoms with Gasteiger partial charge < -0.3 is 16.2 Å². The van der Waals surface area contributed by atoms with Crippen LogP contribution in [0.3, 0.4) is 0 Å². The summed E-state index contributed by atoms with van der Waals surface area (Å²) in [5.41, 5.74) is 4.87. The van der Waals surface area contributed by atoms with E-state index in [0.717, 1.165) is 0 Å². The summed E-state index contributed by atoms with van der Waals surface area (Å²) in [6.07, 6.45) is 0.381. The number of amides is 1. The van der Waals surface area contributed by atoms with Gasteiger partial charge in [0.25, 0.3) is 0 Å². The molecule has 6 nitrogen and oxygen atoms in total. The number of aliphatic hydroxyl groups excluding tert-OH is 1. The predicted octanol–water partition coefficient (Wildman–Crippen LogP) is -0.957. The summed E-state index contributed by atoms with van der Waals surface area (Å²) in [5, 5.41) is 11.8. The predicted molar refractivity (Wildman–Crippen MR) is 50.5 cm³/mol. The molecule has 0 spiro atoms. The number of hydrogen-bond donors (Lipinski definition) is 3. The van der Waals surface area contributed by atoms with Crippen molar-refractivity contribution in [1.82, 2.24) is 9.97 Å². The Bertz CT molecular complexity index is 329. The SMILES string of the molecule is Cc1nccc(NCC(O)C(N)=O)n1. The van der Waals surface area contributed by atoms with Crippen LogP contribution in [0.2, 0.25) is 0 Å². The lowest BCUT2D eigenvalue weighted by molar-refractivity contribution is -0.125. The fraction of sp³-hybridized carbons (Fsp3) is 0.375. The largest absolute Gasteiger partial charge is 0.381 e. The third-order valence-electron chi connectivity index (χ3n) is 1.58. The molecule has 0 saturated heterocycles. The number of primary amides is 1. The van der Waals surface area contributed by atoms with Crippen molar-refractivity contribution in [3.63, 3.8) is 0 Å². The van der Waals surface area contributed by atoms with Crippen molar-refractivity contribution in [3.05, 3.63) is 18.1 Å². The molecule has 76 valence electrons. The van der Waals surface area contributed by atoms with Gasteiger partial charge in [0, 0.05) is 6.20 Å². The minimum Gasteiger partial charge on any atom is -0.381 e. The third kappa shape index (κ3) is 2.98. The van der Waals surface area contributed by atoms with Gasteiger partial charge in [0.15, 0.2) is 0 Å². The maximum atomic E-state index is 10.5. The smallest absolute Gasteiger partial charge is 0.248 e. The van der Waals surface area contributed by atoms with Gasteiger partial charge in [0.2, 0.25) is 5.91 Å². The summed E-state index contributed by atoms with van der Waals surface area (Å²) < 4.78 is 0. The number of carbonyl (C=O) groups is 1. The summed E-state index contributed by atoms with van der Waals surface area (Å²) in [4.78, 5) is 18.4. The van der Waals surface area contributed by atoms with E-state index in [0.29, 0.717) is 11.6 Å². The highest BCUT2D eigenvalue weighted by Gasteiger charge is 2.09. The monoisotopic (exact) mass is 196 g/mol. The lowest BCUT2D eigenvalue weighted by atomic mass is 10.3. The first-order valence-electron chi connectivity index (χ1n) is 4.10. The quantitative estimate of drug-likeness (QED) is 0.576. The van der Waals surface area contributed by atoms with E-state index in [-0.39, 0.29) is 6.54 Å². The average molecular weight is 196 g/mol. The maximum absolute atomic E-state index is 10.5. The fourth-order valence-electron chi connectivity index (χ4n) is 0.856. The van der Waals surface area contributed by atoms with E-state index in [1.807, 2.05) is 0 Å². The van der Waals surface area contributed by atoms with Crippen LogP contribution in [0.5, 0.6) is 0 Å². The fourth-order valence-corrected chi connectivity index (χ4v) is 0.856. The third-order valence-corrected chi connectivity index (χ3v) is 1.58. The van der Waals surface area contributed by atoms with E-state index in [4.69, 9.17) is 10.8 Å². The number of nitrogens with two attached hydrogens (primary N) is 1. The Morgan fingerprint density at radius 3 is 3.07 bits per heavy atom. The highest BCUT2D eigenvalue weighted by Crippen LogP contribution is 2.00. The number of rotatable bonds is 4. The number of hydrogen-bond acceptors (Lipinski definition) is 5. The minimum absolute atomic E-state index is 0.0474. The first kappa shape index (κ1) is 10.4. The molecule has 0 radical (unpaired) electrons. The Labute approximate surface area is 81.2 Å². The van der Waals surface area contributed by atoms with Gasteiger partial charge >= 0.3 is 0 Å². The second kappa shape index (κ2) is 4.52. The number of aromatic nitrogens is 2. The molecule has 0 aliphatic heterocycles. The zero-order valence-corrected chi connectivity index (χ0v) is 7.77. The molecule has 6 heteroatoms. The van der Waals surface area contributed by atoms with Gasteiger partial charge in [0.1, 0.15) is 17.7 Å². The molecule has 0 bridgehead atoms. The van der Waals surface area contributed by atoms with Gasteiger partial charge in [-0.2, -0.15) is 0 Å². The molecular formula is C8H12N4O2. The molecule has 1 rings (SSSR count). The van der Waals surface area contributed by atoms with Crippen LogP contribution in [-0.2, 0) is 4.79 Å². The number of nitrogens with one attached hydrogen (secondary N) is 1. The van der Waals surface area contributed by atoms with Crippen molar-refractivity contribution >= 4 is 11.7 Å². The van der Waals surface area contributed by atoms with Crippen LogP contribution in [0, 0.1) is 6.92 Å². The van der Waals surface area contributed by atoms with Crippen LogP contribution >= 0.6 is 0 Å². The van der Waals surface area contributed by atoms with E-state index in [1.54, 1.807) is 19.2 Å². The molecule has 0 fully saturated rings. The Hall–Kier alpha value is -1.69. The van der Waals surface area contributed by atoms with E-state index < -0.39 is 12.0 Å². The molecular weight excluding hydrogens is 184 g/mol. The highest BCUT2D eigenvalue weighted by atomic mass is 16.3. The molecule has 0 aromatic carbocycles. The van der Waals surface area contributed by atoms with Crippen LogP contribution in [0.25, 0.3) is 0 Å². The number of anilines is 1. The van der Waals surface area contributed by atoms with Gasteiger partial charge in [-0.15, -0.1) is 0 Å². The normalized spacial score (nSPS) is 12.1. The summed E-state index contributed by atoms with van der Waals surface area (Å²) >= 11 is 0. The molecule has 4 N–H and O–H groups in total. The zero-order chi connectivity index (χ0) is 10.6. The molecule has 1 heterocycles. The van der Waals surface area contributed by atoms with Gasteiger partial charge in [-0.3, -0.25) is 4.79 Å². The van der Waals surface area contributed by atoms with Crippen molar-refractivity contribution in [2.75, 3.05) is 11.9 Å². The molecule has 1 aromatic heterocycles. The van der Waals surface area contributed by atoms with Crippen LogP contribution in [-0.4, -0.2) is 33.6 Å². The molecule has 1 amide bonds. The standard InChI is InChI=1S/C8H12N4O2/c1-5-10-3-2-7(12-5)11-4-6(13)8(9)14/h2-3,6,13H,4H2,1H3,(H2,9,14)(H,10,11,12). The molecule has 0 saturated carbocycles. The molecule has 1 aromatic rings. The van der Waals surface area contributed by atoms with Gasteiger partial charge in [-0.05, 0) is 13.0 Å². The summed E-state index contributed by atoms with van der Waals surface area (Å²) in [6, 6.07) is 1.64. The van der Waals surface area contributed by atoms with Crippen LogP contribution in [0.4, 0.5) is 5.82 Å². The summed E-state index contributed by atoms with van der Waals surface area (Å²) in [5.74, 6) is 0.407. The van der Waals surface area contributed by atoms with E-state index in [9.17, 15) is 4.79 Å². The van der Waals surface area contributed by atoms with Crippen LogP contribution in [0.15, 0.2) is 12.3 Å². The summed E-state index contributed by atoms with van der Waals surface area (Å²) in [6.45, 7) is 1.79. The number of aliphatic hydroxyl groups is 1. The van der Waals surface area contributed by atoms with Crippen molar-refractivity contribution in [2.45, 2.75) is 13.0 Å². The Kier molecular flexibility index (Phi) is 3.35. The molecule has 1 atom stereocenters. The molecule has 0 aliphatic rings. The number of carbonyl (C=O) groups excluding carboxylic acids is 1.